The lowest BCUT2D eigenvalue weighted by Gasteiger charge is -2.08. The molecule has 0 atom stereocenters. The van der Waals surface area contributed by atoms with E-state index in [-0.39, 0.29) is 0 Å². The number of thioether (sulfide) groups is 1. The van der Waals surface area contributed by atoms with E-state index >= 15 is 0 Å². The first kappa shape index (κ1) is 17.1. The lowest BCUT2D eigenvalue weighted by Crippen LogP contribution is -1.97. The maximum atomic E-state index is 6.21. The largest absolute Gasteiger partial charge is 0.292 e. The minimum Gasteiger partial charge on any atom is -0.292 e. The Balaban J connectivity index is 2.17. The van der Waals surface area contributed by atoms with Gasteiger partial charge in [0.1, 0.15) is 10.3 Å². The molecule has 0 aliphatic heterocycles. The van der Waals surface area contributed by atoms with Crippen LogP contribution in [0.4, 0.5) is 0 Å². The van der Waals surface area contributed by atoms with Gasteiger partial charge in [-0.25, -0.2) is 4.98 Å². The van der Waals surface area contributed by atoms with Crippen molar-refractivity contribution in [1.29, 1.82) is 0 Å². The summed E-state index contributed by atoms with van der Waals surface area (Å²) in [6.07, 6.45) is 4.45. The summed E-state index contributed by atoms with van der Waals surface area (Å²) in [7, 11) is 0. The highest BCUT2D eigenvalue weighted by molar-refractivity contribution is 7.98. The third-order valence-electron chi connectivity index (χ3n) is 2.89. The molecule has 0 fully saturated rings. The highest BCUT2D eigenvalue weighted by Gasteiger charge is 2.09. The molecule has 5 heteroatoms. The minimum atomic E-state index is 0.388. The van der Waals surface area contributed by atoms with E-state index in [1.165, 1.54) is 4.90 Å². The first-order valence-corrected chi connectivity index (χ1v) is 8.58. The van der Waals surface area contributed by atoms with Crippen LogP contribution >= 0.6 is 35.0 Å². The van der Waals surface area contributed by atoms with Gasteiger partial charge in [0, 0.05) is 29.0 Å². The second kappa shape index (κ2) is 8.99. The van der Waals surface area contributed by atoms with Gasteiger partial charge in [-0.3, -0.25) is 4.99 Å². The lowest BCUT2D eigenvalue weighted by atomic mass is 10.2. The normalized spacial score (nSPS) is 11.0. The summed E-state index contributed by atoms with van der Waals surface area (Å²) in [5.74, 6) is 0.759. The van der Waals surface area contributed by atoms with E-state index in [1.807, 2.05) is 30.3 Å². The summed E-state index contributed by atoms with van der Waals surface area (Å²) in [6.45, 7) is 4.37. The Labute approximate surface area is 145 Å². The Morgan fingerprint density at radius 1 is 1.23 bits per heavy atom. The van der Waals surface area contributed by atoms with E-state index in [1.54, 1.807) is 18.0 Å². The number of benzene rings is 1. The molecular weight excluding hydrogens is 335 g/mol. The van der Waals surface area contributed by atoms with E-state index < -0.39 is 0 Å². The highest BCUT2D eigenvalue weighted by atomic mass is 35.5. The van der Waals surface area contributed by atoms with Gasteiger partial charge in [0.15, 0.2) is 0 Å². The van der Waals surface area contributed by atoms with Crippen molar-refractivity contribution in [3.63, 3.8) is 0 Å². The van der Waals surface area contributed by atoms with Gasteiger partial charge in [-0.1, -0.05) is 47.5 Å². The fourth-order valence-electron chi connectivity index (χ4n) is 1.80. The maximum Gasteiger partial charge on any atom is 0.139 e. The average molecular weight is 351 g/mol. The second-order valence-electron chi connectivity index (χ2n) is 4.52. The number of hydrogen-bond donors (Lipinski definition) is 0. The summed E-state index contributed by atoms with van der Waals surface area (Å²) in [6, 6.07) is 12.0. The van der Waals surface area contributed by atoms with Crippen molar-refractivity contribution < 1.29 is 0 Å². The Morgan fingerprint density at radius 3 is 2.73 bits per heavy atom. The van der Waals surface area contributed by atoms with Gasteiger partial charge in [-0.2, -0.15) is 0 Å². The topological polar surface area (TPSA) is 25.2 Å². The molecule has 2 aromatic rings. The molecule has 0 radical (unpaired) electrons. The average Bonchev–Trinajstić information content (AvgIpc) is 2.52. The zero-order valence-electron chi connectivity index (χ0n) is 12.0. The van der Waals surface area contributed by atoms with Crippen molar-refractivity contribution in [2.75, 3.05) is 6.54 Å². The molecular formula is C17H16Cl2N2S. The summed E-state index contributed by atoms with van der Waals surface area (Å²) in [4.78, 5) is 9.66. The molecule has 1 heterocycles. The van der Waals surface area contributed by atoms with Gasteiger partial charge in [0.25, 0.3) is 0 Å². The van der Waals surface area contributed by atoms with Gasteiger partial charge >= 0.3 is 0 Å². The zero-order chi connectivity index (χ0) is 15.8. The minimum absolute atomic E-state index is 0.388. The van der Waals surface area contributed by atoms with Gasteiger partial charge in [-0.15, -0.1) is 18.3 Å². The van der Waals surface area contributed by atoms with E-state index in [0.717, 1.165) is 23.3 Å². The van der Waals surface area contributed by atoms with Crippen LogP contribution in [0.2, 0.25) is 10.3 Å². The Hall–Kier alpha value is -1.29. The van der Waals surface area contributed by atoms with E-state index in [2.05, 4.69) is 28.7 Å². The first-order valence-electron chi connectivity index (χ1n) is 6.84. The molecule has 0 bridgehead atoms. The number of hydrogen-bond acceptors (Lipinski definition) is 3. The molecule has 0 aliphatic rings. The number of pyridine rings is 1. The third-order valence-corrected chi connectivity index (χ3v) is 4.43. The molecule has 1 aromatic heterocycles. The Kier molecular flexibility index (Phi) is 6.97. The van der Waals surface area contributed by atoms with E-state index in [9.17, 15) is 0 Å². The van der Waals surface area contributed by atoms with Crippen molar-refractivity contribution in [3.8, 4) is 0 Å². The molecule has 0 saturated carbocycles. The van der Waals surface area contributed by atoms with Gasteiger partial charge in [-0.05, 0) is 30.2 Å². The summed E-state index contributed by atoms with van der Waals surface area (Å²) >= 11 is 14.0. The Bertz CT molecular complexity index is 657. The molecule has 114 valence electrons. The number of aliphatic imine (C=N–C) groups is 1. The number of nitrogens with zero attached hydrogens (tertiary/aromatic N) is 2. The van der Waals surface area contributed by atoms with Crippen LogP contribution in [0.3, 0.4) is 0 Å². The predicted molar refractivity (Wildman–Crippen MR) is 97.5 cm³/mol. The van der Waals surface area contributed by atoms with Crippen molar-refractivity contribution in [3.05, 3.63) is 70.5 Å². The molecule has 1 aromatic carbocycles. The quantitative estimate of drug-likeness (QED) is 0.211. The van der Waals surface area contributed by atoms with Crippen LogP contribution in [0.15, 0.2) is 58.9 Å². The second-order valence-corrected chi connectivity index (χ2v) is 6.32. The van der Waals surface area contributed by atoms with E-state index in [0.29, 0.717) is 16.9 Å². The van der Waals surface area contributed by atoms with Gasteiger partial charge < -0.3 is 0 Å². The fraction of sp³-hybridized carbons (Fsp3) is 0.176. The Morgan fingerprint density at radius 2 is 2.00 bits per heavy atom. The van der Waals surface area contributed by atoms with Crippen LogP contribution < -0.4 is 0 Å². The summed E-state index contributed by atoms with van der Waals surface area (Å²) < 4.78 is 0. The molecule has 2 rings (SSSR count). The van der Waals surface area contributed by atoms with E-state index in [4.69, 9.17) is 23.2 Å². The molecule has 2 nitrogen and oxygen atoms in total. The van der Waals surface area contributed by atoms with Gasteiger partial charge in [0.2, 0.25) is 0 Å². The first-order chi connectivity index (χ1) is 10.7. The zero-order valence-corrected chi connectivity index (χ0v) is 14.3. The standard InChI is InChI=1S/C17H16Cl2N2S/c1-2-3-9-20-11-15-13(10-16(18)21-17(15)19)12-22-14-7-5-4-6-8-14/h2,4-8,10-11H,1,3,9,12H2. The fourth-order valence-corrected chi connectivity index (χ4v) is 3.23. The van der Waals surface area contributed by atoms with Crippen molar-refractivity contribution in [2.24, 2.45) is 4.99 Å². The van der Waals surface area contributed by atoms with Crippen LogP contribution in [0.1, 0.15) is 17.5 Å². The molecule has 0 N–H and O–H groups in total. The van der Waals surface area contributed by atoms with Crippen LogP contribution in [-0.4, -0.2) is 17.7 Å². The lowest BCUT2D eigenvalue weighted by molar-refractivity contribution is 1.01. The molecule has 0 aliphatic carbocycles. The highest BCUT2D eigenvalue weighted by Crippen LogP contribution is 2.28. The third kappa shape index (κ3) is 5.16. The van der Waals surface area contributed by atoms with Crippen LogP contribution in [0, 0.1) is 0 Å². The van der Waals surface area contributed by atoms with Crippen LogP contribution in [-0.2, 0) is 5.75 Å². The van der Waals surface area contributed by atoms with Crippen molar-refractivity contribution in [2.45, 2.75) is 17.1 Å². The van der Waals surface area contributed by atoms with Crippen LogP contribution in [0.5, 0.6) is 0 Å². The number of rotatable bonds is 7. The molecule has 0 spiro atoms. The summed E-state index contributed by atoms with van der Waals surface area (Å²) in [5.41, 5.74) is 1.86. The summed E-state index contributed by atoms with van der Waals surface area (Å²) in [5, 5.41) is 0.787. The monoisotopic (exact) mass is 350 g/mol. The molecule has 0 amide bonds. The van der Waals surface area contributed by atoms with Gasteiger partial charge in [0.05, 0.1) is 0 Å². The predicted octanol–water partition coefficient (Wildman–Crippen LogP) is 5.68. The smallest absolute Gasteiger partial charge is 0.139 e. The molecule has 0 unspecified atom stereocenters. The maximum absolute atomic E-state index is 6.21. The molecule has 22 heavy (non-hydrogen) atoms. The number of halogens is 2. The molecule has 0 saturated heterocycles. The SMILES string of the molecule is C=CCCN=Cc1c(CSc2ccccc2)cc(Cl)nc1Cl. The van der Waals surface area contributed by atoms with Crippen molar-refractivity contribution >= 4 is 41.2 Å². The van der Waals surface area contributed by atoms with Crippen LogP contribution in [0.25, 0.3) is 0 Å². The van der Waals surface area contributed by atoms with Crippen molar-refractivity contribution in [1.82, 2.24) is 4.98 Å². The number of aromatic nitrogens is 1.